The molecule has 0 unspecified atom stereocenters. The topological polar surface area (TPSA) is 91.3 Å². The molecule has 5 nitrogen and oxygen atoms in total. The zero-order valence-corrected chi connectivity index (χ0v) is 11.7. The Kier molecular flexibility index (Phi) is 4.06. The number of carbonyl (C=O) groups is 2. The SMILES string of the molecule is O=C1C=CC2=C(S(=O)(=O)[O-])C(=O)C=CC2=C1.[Na+]. The van der Waals surface area contributed by atoms with Crippen molar-refractivity contribution in [1.82, 2.24) is 0 Å². The molecule has 0 saturated carbocycles. The van der Waals surface area contributed by atoms with Gasteiger partial charge in [0, 0.05) is 5.57 Å². The van der Waals surface area contributed by atoms with E-state index in [1.807, 2.05) is 0 Å². The van der Waals surface area contributed by atoms with Crippen LogP contribution in [0.2, 0.25) is 0 Å². The Morgan fingerprint density at radius 1 is 1.00 bits per heavy atom. The molecule has 0 aliphatic heterocycles. The van der Waals surface area contributed by atoms with E-state index in [0.717, 1.165) is 12.2 Å². The second-order valence-corrected chi connectivity index (χ2v) is 4.55. The summed E-state index contributed by atoms with van der Waals surface area (Å²) in [5, 5.41) is 0. The number of fused-ring (bicyclic) bond motifs is 1. The molecule has 0 fully saturated rings. The summed E-state index contributed by atoms with van der Waals surface area (Å²) < 4.78 is 32.8. The molecule has 0 aromatic rings. The standard InChI is InChI=1S/C10H6O5S.Na/c11-7-2-3-8-6(5-7)1-4-9(12)10(8)16(13,14)15;/h1-5H,(H,13,14,15);/q;+1/p-1. The molecule has 0 radical (unpaired) electrons. The first-order valence-corrected chi connectivity index (χ1v) is 5.67. The van der Waals surface area contributed by atoms with Crippen LogP contribution in [0.15, 0.2) is 46.4 Å². The first-order valence-electron chi connectivity index (χ1n) is 4.26. The summed E-state index contributed by atoms with van der Waals surface area (Å²) in [5.74, 6) is -1.18. The van der Waals surface area contributed by atoms with E-state index >= 15 is 0 Å². The molecule has 0 N–H and O–H groups in total. The summed E-state index contributed by atoms with van der Waals surface area (Å²) >= 11 is 0. The predicted molar refractivity (Wildman–Crippen MR) is 53.1 cm³/mol. The normalized spacial score (nSPS) is 18.8. The van der Waals surface area contributed by atoms with Gasteiger partial charge in [0.05, 0.1) is 0 Å². The number of carbonyl (C=O) groups excluding carboxylic acids is 2. The summed E-state index contributed by atoms with van der Waals surface area (Å²) in [7, 11) is -4.84. The minimum atomic E-state index is -4.84. The van der Waals surface area contributed by atoms with Crippen LogP contribution in [0.4, 0.5) is 0 Å². The monoisotopic (exact) mass is 260 g/mol. The summed E-state index contributed by atoms with van der Waals surface area (Å²) in [5.41, 5.74) is 0.253. The zero-order chi connectivity index (χ0) is 11.9. The summed E-state index contributed by atoms with van der Waals surface area (Å²) in [4.78, 5) is 21.5. The first kappa shape index (κ1) is 14.3. The first-order chi connectivity index (χ1) is 7.39. The van der Waals surface area contributed by atoms with Crippen molar-refractivity contribution < 1.29 is 52.1 Å². The maximum Gasteiger partial charge on any atom is 1.00 e. The van der Waals surface area contributed by atoms with Gasteiger partial charge in [-0.3, -0.25) is 9.59 Å². The van der Waals surface area contributed by atoms with Gasteiger partial charge in [0.25, 0.3) is 0 Å². The largest absolute Gasteiger partial charge is 1.00 e. The van der Waals surface area contributed by atoms with Crippen molar-refractivity contribution in [3.8, 4) is 0 Å². The van der Waals surface area contributed by atoms with Crippen LogP contribution >= 0.6 is 0 Å². The average molecular weight is 260 g/mol. The summed E-state index contributed by atoms with van der Waals surface area (Å²) in [6.07, 6.45) is 5.73. The van der Waals surface area contributed by atoms with Gasteiger partial charge < -0.3 is 4.55 Å². The fourth-order valence-corrected chi connectivity index (χ4v) is 2.29. The Hall–Kier alpha value is -0.790. The molecule has 0 bridgehead atoms. The second kappa shape index (κ2) is 4.83. The van der Waals surface area contributed by atoms with Gasteiger partial charge in [-0.05, 0) is 29.9 Å². The number of allylic oxidation sites excluding steroid dienone is 8. The molecular weight excluding hydrogens is 255 g/mol. The number of rotatable bonds is 1. The van der Waals surface area contributed by atoms with Crippen molar-refractivity contribution in [2.24, 2.45) is 0 Å². The van der Waals surface area contributed by atoms with E-state index in [-0.39, 0.29) is 46.5 Å². The van der Waals surface area contributed by atoms with Crippen LogP contribution in [0, 0.1) is 0 Å². The van der Waals surface area contributed by atoms with Crippen LogP contribution in [0.3, 0.4) is 0 Å². The van der Waals surface area contributed by atoms with Crippen molar-refractivity contribution in [1.29, 1.82) is 0 Å². The quantitative estimate of drug-likeness (QED) is 0.370. The maximum atomic E-state index is 11.3. The minimum absolute atomic E-state index is 0. The summed E-state index contributed by atoms with van der Waals surface area (Å²) in [6, 6.07) is 0. The van der Waals surface area contributed by atoms with E-state index in [2.05, 4.69) is 0 Å². The molecule has 2 rings (SSSR count). The van der Waals surface area contributed by atoms with E-state index in [9.17, 15) is 22.6 Å². The molecule has 0 aromatic carbocycles. The van der Waals surface area contributed by atoms with Crippen molar-refractivity contribution in [3.63, 3.8) is 0 Å². The van der Waals surface area contributed by atoms with E-state index in [1.165, 1.54) is 18.2 Å². The smallest absolute Gasteiger partial charge is 0.744 e. The molecule has 0 amide bonds. The third-order valence-corrected chi connectivity index (χ3v) is 3.08. The van der Waals surface area contributed by atoms with Crippen LogP contribution in [-0.4, -0.2) is 24.5 Å². The van der Waals surface area contributed by atoms with Crippen LogP contribution in [0.5, 0.6) is 0 Å². The number of hydrogen-bond donors (Lipinski definition) is 0. The Labute approximate surface area is 120 Å². The van der Waals surface area contributed by atoms with Crippen LogP contribution in [0.1, 0.15) is 0 Å². The predicted octanol–water partition coefficient (Wildman–Crippen LogP) is -3.01. The summed E-state index contributed by atoms with van der Waals surface area (Å²) in [6.45, 7) is 0. The van der Waals surface area contributed by atoms with Gasteiger partial charge in [-0.15, -0.1) is 0 Å². The molecule has 0 heterocycles. The van der Waals surface area contributed by atoms with Crippen LogP contribution in [0.25, 0.3) is 0 Å². The van der Waals surface area contributed by atoms with Gasteiger partial charge in [0.1, 0.15) is 15.0 Å². The molecule has 82 valence electrons. The van der Waals surface area contributed by atoms with E-state index in [1.54, 1.807) is 0 Å². The van der Waals surface area contributed by atoms with Crippen molar-refractivity contribution in [2.75, 3.05) is 0 Å². The van der Waals surface area contributed by atoms with Gasteiger partial charge in [-0.25, -0.2) is 8.42 Å². The minimum Gasteiger partial charge on any atom is -0.744 e. The fourth-order valence-electron chi connectivity index (χ4n) is 1.52. The molecule has 0 saturated heterocycles. The second-order valence-electron chi connectivity index (χ2n) is 3.23. The molecule has 17 heavy (non-hydrogen) atoms. The molecule has 0 aromatic heterocycles. The molecule has 2 aliphatic carbocycles. The van der Waals surface area contributed by atoms with E-state index in [4.69, 9.17) is 0 Å². The van der Waals surface area contributed by atoms with Crippen LogP contribution < -0.4 is 29.6 Å². The van der Waals surface area contributed by atoms with Gasteiger partial charge in [-0.1, -0.05) is 6.08 Å². The Morgan fingerprint density at radius 3 is 2.24 bits per heavy atom. The molecule has 2 aliphatic rings. The van der Waals surface area contributed by atoms with Gasteiger partial charge in [0.2, 0.25) is 0 Å². The third kappa shape index (κ3) is 2.72. The fraction of sp³-hybridized carbons (Fsp3) is 0. The van der Waals surface area contributed by atoms with Crippen LogP contribution in [-0.2, 0) is 19.7 Å². The van der Waals surface area contributed by atoms with Crippen molar-refractivity contribution in [3.05, 3.63) is 46.4 Å². The van der Waals surface area contributed by atoms with E-state index in [0.29, 0.717) is 0 Å². The molecular formula is C10H5NaO5S. The number of hydrogen-bond acceptors (Lipinski definition) is 5. The van der Waals surface area contributed by atoms with Crippen molar-refractivity contribution in [2.45, 2.75) is 0 Å². The molecule has 0 spiro atoms. The Bertz CT molecular complexity index is 619. The third-order valence-electron chi connectivity index (χ3n) is 2.16. The molecule has 0 atom stereocenters. The van der Waals surface area contributed by atoms with Gasteiger partial charge in [0.15, 0.2) is 11.6 Å². The van der Waals surface area contributed by atoms with Gasteiger partial charge in [-0.2, -0.15) is 0 Å². The Balaban J connectivity index is 0.00000144. The number of ketones is 2. The Morgan fingerprint density at radius 2 is 1.65 bits per heavy atom. The van der Waals surface area contributed by atoms with E-state index < -0.39 is 20.8 Å². The average Bonchev–Trinajstić information content (AvgIpc) is 2.16. The molecule has 7 heteroatoms. The zero-order valence-electron chi connectivity index (χ0n) is 8.84. The van der Waals surface area contributed by atoms with Gasteiger partial charge >= 0.3 is 29.6 Å². The van der Waals surface area contributed by atoms with Crippen molar-refractivity contribution >= 4 is 21.7 Å². The maximum absolute atomic E-state index is 11.3.